The van der Waals surface area contributed by atoms with Crippen LogP contribution in [0.5, 0.6) is 5.75 Å². The third-order valence-electron chi connectivity index (χ3n) is 6.46. The smallest absolute Gasteiger partial charge is 0.360 e. The van der Waals surface area contributed by atoms with Crippen molar-refractivity contribution in [2.75, 3.05) is 13.7 Å². The zero-order chi connectivity index (χ0) is 22.5. The Balaban J connectivity index is 1.51. The van der Waals surface area contributed by atoms with Crippen LogP contribution in [0.4, 0.5) is 0 Å². The SMILES string of the molecule is COC(=O)c1cn([C@H]2C[C@@H](C(=O)NC3CCCCCC3)N(Cc3cccc(O)c3)C2)nn1. The highest BCUT2D eigenvalue weighted by Gasteiger charge is 2.39. The highest BCUT2D eigenvalue weighted by atomic mass is 16.5. The lowest BCUT2D eigenvalue weighted by Gasteiger charge is -2.26. The number of methoxy groups -OCH3 is 1. The number of hydrogen-bond donors (Lipinski definition) is 2. The summed E-state index contributed by atoms with van der Waals surface area (Å²) in [5.74, 6) is -0.293. The number of ether oxygens (including phenoxy) is 1. The first-order chi connectivity index (χ1) is 15.5. The molecule has 1 saturated heterocycles. The van der Waals surface area contributed by atoms with E-state index in [1.807, 2.05) is 6.07 Å². The molecule has 1 aromatic carbocycles. The number of nitrogens with zero attached hydrogens (tertiary/aromatic N) is 4. The van der Waals surface area contributed by atoms with E-state index in [0.29, 0.717) is 19.5 Å². The van der Waals surface area contributed by atoms with Gasteiger partial charge in [-0.05, 0) is 37.0 Å². The molecule has 1 aliphatic heterocycles. The molecule has 2 aliphatic rings. The maximum Gasteiger partial charge on any atom is 0.360 e. The number of likely N-dealkylation sites (tertiary alicyclic amines) is 1. The van der Waals surface area contributed by atoms with Crippen LogP contribution >= 0.6 is 0 Å². The van der Waals surface area contributed by atoms with Crippen molar-refractivity contribution < 1.29 is 19.4 Å². The van der Waals surface area contributed by atoms with E-state index in [1.165, 1.54) is 20.0 Å². The van der Waals surface area contributed by atoms with Crippen LogP contribution < -0.4 is 5.32 Å². The average molecular weight is 442 g/mol. The van der Waals surface area contributed by atoms with Crippen LogP contribution in [-0.4, -0.2) is 62.6 Å². The van der Waals surface area contributed by atoms with Crippen LogP contribution in [0.25, 0.3) is 0 Å². The minimum Gasteiger partial charge on any atom is -0.508 e. The van der Waals surface area contributed by atoms with Crippen molar-refractivity contribution >= 4 is 11.9 Å². The lowest BCUT2D eigenvalue weighted by molar-refractivity contribution is -0.126. The molecule has 0 spiro atoms. The summed E-state index contributed by atoms with van der Waals surface area (Å²) in [5.41, 5.74) is 1.09. The van der Waals surface area contributed by atoms with Crippen molar-refractivity contribution in [2.24, 2.45) is 0 Å². The van der Waals surface area contributed by atoms with Gasteiger partial charge in [0.05, 0.1) is 25.4 Å². The number of carbonyl (C=O) groups is 2. The van der Waals surface area contributed by atoms with Crippen LogP contribution in [0.15, 0.2) is 30.5 Å². The van der Waals surface area contributed by atoms with E-state index in [2.05, 4.69) is 20.5 Å². The topological polar surface area (TPSA) is 110 Å². The molecule has 1 aromatic heterocycles. The van der Waals surface area contributed by atoms with Crippen LogP contribution in [-0.2, 0) is 16.1 Å². The molecular weight excluding hydrogens is 410 g/mol. The first-order valence-corrected chi connectivity index (χ1v) is 11.4. The van der Waals surface area contributed by atoms with Gasteiger partial charge in [-0.3, -0.25) is 9.69 Å². The van der Waals surface area contributed by atoms with Crippen molar-refractivity contribution in [3.05, 3.63) is 41.7 Å². The molecule has 0 bridgehead atoms. The fourth-order valence-corrected chi connectivity index (χ4v) is 4.78. The standard InChI is InChI=1S/C23H31N5O4/c1-32-23(31)20-15-28(26-25-20)18-12-21(22(30)24-17-8-4-2-3-5-9-17)27(14-18)13-16-7-6-10-19(29)11-16/h6-7,10-11,15,17-18,21,29H,2-5,8-9,12-14H2,1H3,(H,24,30)/t18-,21-/m0/s1. The number of aromatic hydroxyl groups is 1. The molecule has 1 amide bonds. The number of nitrogens with one attached hydrogen (secondary N) is 1. The molecule has 2 atom stereocenters. The van der Waals surface area contributed by atoms with Gasteiger partial charge in [-0.2, -0.15) is 0 Å². The highest BCUT2D eigenvalue weighted by Crippen LogP contribution is 2.30. The van der Waals surface area contributed by atoms with Gasteiger partial charge in [0, 0.05) is 19.1 Å². The lowest BCUT2D eigenvalue weighted by atomic mass is 10.1. The molecule has 172 valence electrons. The maximum atomic E-state index is 13.3. The van der Waals surface area contributed by atoms with Gasteiger partial charge in [-0.1, -0.05) is 43.0 Å². The van der Waals surface area contributed by atoms with E-state index in [0.717, 1.165) is 31.2 Å². The Bertz CT molecular complexity index is 938. The van der Waals surface area contributed by atoms with Gasteiger partial charge in [0.2, 0.25) is 5.91 Å². The molecule has 2 heterocycles. The maximum absolute atomic E-state index is 13.3. The Hall–Kier alpha value is -2.94. The van der Waals surface area contributed by atoms with Gasteiger partial charge in [0.25, 0.3) is 0 Å². The summed E-state index contributed by atoms with van der Waals surface area (Å²) in [6.07, 6.45) is 8.98. The normalized spacial score (nSPS) is 22.4. The number of aromatic nitrogens is 3. The summed E-state index contributed by atoms with van der Waals surface area (Å²) >= 11 is 0. The van der Waals surface area contributed by atoms with Gasteiger partial charge in [-0.25, -0.2) is 9.48 Å². The van der Waals surface area contributed by atoms with E-state index in [1.54, 1.807) is 29.1 Å². The van der Waals surface area contributed by atoms with E-state index in [4.69, 9.17) is 4.74 Å². The molecule has 2 N–H and O–H groups in total. The summed E-state index contributed by atoms with van der Waals surface area (Å²) in [6, 6.07) is 6.91. The Kier molecular flexibility index (Phi) is 7.04. The van der Waals surface area contributed by atoms with Crippen molar-refractivity contribution in [2.45, 2.75) is 69.6 Å². The molecule has 1 aliphatic carbocycles. The van der Waals surface area contributed by atoms with Gasteiger partial charge < -0.3 is 15.2 Å². The lowest BCUT2D eigenvalue weighted by Crippen LogP contribution is -2.46. The summed E-state index contributed by atoms with van der Waals surface area (Å²) in [4.78, 5) is 27.2. The third kappa shape index (κ3) is 5.27. The molecule has 0 radical (unpaired) electrons. The van der Waals surface area contributed by atoms with Crippen LogP contribution in [0.3, 0.4) is 0 Å². The Labute approximate surface area is 187 Å². The largest absolute Gasteiger partial charge is 0.508 e. The third-order valence-corrected chi connectivity index (χ3v) is 6.46. The zero-order valence-electron chi connectivity index (χ0n) is 18.4. The van der Waals surface area contributed by atoms with Gasteiger partial charge >= 0.3 is 5.97 Å². The Morgan fingerprint density at radius 3 is 2.72 bits per heavy atom. The van der Waals surface area contributed by atoms with Crippen molar-refractivity contribution in [1.82, 2.24) is 25.2 Å². The van der Waals surface area contributed by atoms with Crippen molar-refractivity contribution in [3.8, 4) is 5.75 Å². The molecule has 0 unspecified atom stereocenters. The second-order valence-corrected chi connectivity index (χ2v) is 8.78. The highest BCUT2D eigenvalue weighted by molar-refractivity contribution is 5.86. The average Bonchev–Trinajstić information content (AvgIpc) is 3.35. The molecule has 4 rings (SSSR count). The zero-order valence-corrected chi connectivity index (χ0v) is 18.4. The van der Waals surface area contributed by atoms with Crippen LogP contribution in [0, 0.1) is 0 Å². The number of carbonyl (C=O) groups excluding carboxylic acids is 2. The molecule has 1 saturated carbocycles. The number of esters is 1. The summed E-state index contributed by atoms with van der Waals surface area (Å²) < 4.78 is 6.38. The fraction of sp³-hybridized carbons (Fsp3) is 0.565. The predicted molar refractivity (Wildman–Crippen MR) is 117 cm³/mol. The van der Waals surface area contributed by atoms with E-state index < -0.39 is 5.97 Å². The molecule has 9 nitrogen and oxygen atoms in total. The number of phenolic OH excluding ortho intramolecular Hbond substituents is 1. The monoisotopic (exact) mass is 441 g/mol. The molecule has 2 aromatic rings. The molecule has 32 heavy (non-hydrogen) atoms. The molecule has 9 heteroatoms. The number of phenols is 1. The Morgan fingerprint density at radius 2 is 2.00 bits per heavy atom. The second kappa shape index (κ2) is 10.1. The van der Waals surface area contributed by atoms with Crippen molar-refractivity contribution in [1.29, 1.82) is 0 Å². The summed E-state index contributed by atoms with van der Waals surface area (Å²) in [6.45, 7) is 1.12. The van der Waals surface area contributed by atoms with Gasteiger partial charge in [-0.15, -0.1) is 5.10 Å². The number of hydrogen-bond acceptors (Lipinski definition) is 7. The Morgan fingerprint density at radius 1 is 1.22 bits per heavy atom. The van der Waals surface area contributed by atoms with E-state index >= 15 is 0 Å². The predicted octanol–water partition coefficient (Wildman–Crippen LogP) is 2.42. The van der Waals surface area contributed by atoms with Crippen LogP contribution in [0.2, 0.25) is 0 Å². The quantitative estimate of drug-likeness (QED) is 0.523. The second-order valence-electron chi connectivity index (χ2n) is 8.78. The van der Waals surface area contributed by atoms with Gasteiger partial charge in [0.1, 0.15) is 5.75 Å². The summed E-state index contributed by atoms with van der Waals surface area (Å²) in [7, 11) is 1.31. The first-order valence-electron chi connectivity index (χ1n) is 11.4. The summed E-state index contributed by atoms with van der Waals surface area (Å²) in [5, 5.41) is 21.2. The first kappa shape index (κ1) is 22.3. The number of amides is 1. The minimum absolute atomic E-state index is 0.0351. The number of rotatable bonds is 6. The van der Waals surface area contributed by atoms with Gasteiger partial charge in [0.15, 0.2) is 5.69 Å². The van der Waals surface area contributed by atoms with Crippen LogP contribution in [0.1, 0.15) is 67.0 Å². The number of benzene rings is 1. The van der Waals surface area contributed by atoms with Crippen molar-refractivity contribution in [3.63, 3.8) is 0 Å². The molecular formula is C23H31N5O4. The van der Waals surface area contributed by atoms with E-state index in [-0.39, 0.29) is 35.5 Å². The minimum atomic E-state index is -0.534. The molecule has 2 fully saturated rings. The van der Waals surface area contributed by atoms with E-state index in [9.17, 15) is 14.7 Å². The fourth-order valence-electron chi connectivity index (χ4n) is 4.78.